The molecule has 0 bridgehead atoms. The third kappa shape index (κ3) is 4.61. The second-order valence-electron chi connectivity index (χ2n) is 19.0. The molecule has 5 fully saturated rings. The number of rotatable bonds is 6. The normalized spacial score (nSPS) is 46.5. The molecule has 10 atom stereocenters. The first kappa shape index (κ1) is 32.8. The standard InChI is InChI=1S/C39H66O2Si/c1-14-25-40-32-19-20-36(9)30(35(32,7)8)18-21-38(11)31(36)16-15-29-33-28(27(2)3)17-22-39(33,24-23-37(29,38)10)26-41-42(12,13)34(4,5)6/h1,28-33H,2,15-26H2,3-13H3/t28-,29+,30-,31+,32-,33+,36-,37+,38+,39+/m0/s1. The van der Waals surface area contributed by atoms with Crippen molar-refractivity contribution in [3.8, 4) is 12.3 Å². The Bertz CT molecular complexity index is 1090. The van der Waals surface area contributed by atoms with Crippen molar-refractivity contribution in [3.05, 3.63) is 12.2 Å². The number of hydrogen-bond donors (Lipinski definition) is 0. The number of hydrogen-bond acceptors (Lipinski definition) is 2. The van der Waals surface area contributed by atoms with E-state index in [1.165, 1.54) is 63.4 Å². The molecule has 42 heavy (non-hydrogen) atoms. The molecule has 0 heterocycles. The molecular weight excluding hydrogens is 529 g/mol. The summed E-state index contributed by atoms with van der Waals surface area (Å²) >= 11 is 0. The SMILES string of the molecule is C#CCO[C@H]1CC[C@]2(C)[C@H]3CC[C@@H]4[C@H]5[C@H](C(=C)C)CC[C@]5(CO[Si](C)(C)C(C)(C)C)CC[C@@]4(C)[C@]3(C)CC[C@H]2C1(C)C. The Labute approximate surface area is 262 Å². The summed E-state index contributed by atoms with van der Waals surface area (Å²) in [4.78, 5) is 0. The zero-order valence-corrected chi connectivity index (χ0v) is 30.6. The molecule has 0 aromatic heterocycles. The van der Waals surface area contributed by atoms with Gasteiger partial charge in [-0.2, -0.15) is 0 Å². The van der Waals surface area contributed by atoms with Crippen molar-refractivity contribution in [1.29, 1.82) is 0 Å². The molecular formula is C39H66O2Si. The zero-order chi connectivity index (χ0) is 31.1. The Balaban J connectivity index is 1.47. The van der Waals surface area contributed by atoms with Crippen LogP contribution in [0.5, 0.6) is 0 Å². The van der Waals surface area contributed by atoms with Crippen LogP contribution in [0.1, 0.15) is 127 Å². The molecule has 0 N–H and O–H groups in total. The summed E-state index contributed by atoms with van der Waals surface area (Å²) in [5, 5.41) is 0.257. The third-order valence-electron chi connectivity index (χ3n) is 16.1. The van der Waals surface area contributed by atoms with E-state index >= 15 is 0 Å². The van der Waals surface area contributed by atoms with Crippen molar-refractivity contribution in [2.45, 2.75) is 151 Å². The van der Waals surface area contributed by atoms with E-state index in [-0.39, 0.29) is 16.6 Å². The van der Waals surface area contributed by atoms with E-state index in [1.54, 1.807) is 0 Å². The fourth-order valence-corrected chi connectivity index (χ4v) is 13.6. The smallest absolute Gasteiger partial charge is 0.192 e. The Kier molecular flexibility index (Phi) is 8.20. The van der Waals surface area contributed by atoms with Gasteiger partial charge >= 0.3 is 0 Å². The van der Waals surface area contributed by atoms with Crippen LogP contribution in [-0.4, -0.2) is 27.6 Å². The zero-order valence-electron chi connectivity index (χ0n) is 29.6. The summed E-state index contributed by atoms with van der Waals surface area (Å²) in [6, 6.07) is 0. The molecule has 0 saturated heterocycles. The van der Waals surface area contributed by atoms with Crippen molar-refractivity contribution in [2.75, 3.05) is 13.2 Å². The van der Waals surface area contributed by atoms with Crippen molar-refractivity contribution >= 4 is 8.32 Å². The molecule has 0 amide bonds. The molecule has 2 nitrogen and oxygen atoms in total. The van der Waals surface area contributed by atoms with E-state index in [2.05, 4.69) is 87.9 Å². The van der Waals surface area contributed by atoms with Gasteiger partial charge in [-0.1, -0.05) is 73.5 Å². The molecule has 0 aliphatic heterocycles. The maximum atomic E-state index is 7.14. The maximum absolute atomic E-state index is 7.14. The quantitative estimate of drug-likeness (QED) is 0.173. The first-order valence-electron chi connectivity index (χ1n) is 17.7. The van der Waals surface area contributed by atoms with E-state index in [0.717, 1.165) is 30.8 Å². The fourth-order valence-electron chi connectivity index (χ4n) is 12.5. The van der Waals surface area contributed by atoms with Gasteiger partial charge in [0.2, 0.25) is 0 Å². The van der Waals surface area contributed by atoms with Crippen molar-refractivity contribution in [3.63, 3.8) is 0 Å². The van der Waals surface area contributed by atoms with Gasteiger partial charge in [-0.05, 0) is 146 Å². The Morgan fingerprint density at radius 3 is 2.19 bits per heavy atom. The number of fused-ring (bicyclic) bond motifs is 7. The molecule has 5 aliphatic carbocycles. The molecule has 5 aliphatic rings. The van der Waals surface area contributed by atoms with E-state index < -0.39 is 8.32 Å². The van der Waals surface area contributed by atoms with E-state index in [0.29, 0.717) is 40.1 Å². The lowest BCUT2D eigenvalue weighted by atomic mass is 9.32. The first-order valence-corrected chi connectivity index (χ1v) is 20.6. The summed E-state index contributed by atoms with van der Waals surface area (Å²) in [5.41, 5.74) is 3.09. The van der Waals surface area contributed by atoms with Gasteiger partial charge in [0.15, 0.2) is 8.32 Å². The highest BCUT2D eigenvalue weighted by Crippen LogP contribution is 2.77. The van der Waals surface area contributed by atoms with Gasteiger partial charge in [0, 0.05) is 6.61 Å². The molecule has 0 unspecified atom stereocenters. The summed E-state index contributed by atoms with van der Waals surface area (Å²) in [7, 11) is -1.81. The van der Waals surface area contributed by atoms with E-state index in [4.69, 9.17) is 15.6 Å². The molecule has 5 saturated carbocycles. The second-order valence-corrected chi connectivity index (χ2v) is 23.8. The van der Waals surface area contributed by atoms with Gasteiger partial charge in [-0.25, -0.2) is 0 Å². The average Bonchev–Trinajstić information content (AvgIpc) is 3.27. The highest BCUT2D eigenvalue weighted by molar-refractivity contribution is 6.74. The lowest BCUT2D eigenvalue weighted by Crippen LogP contribution is -2.67. The average molecular weight is 595 g/mol. The van der Waals surface area contributed by atoms with Gasteiger partial charge in [0.25, 0.3) is 0 Å². The monoisotopic (exact) mass is 594 g/mol. The van der Waals surface area contributed by atoms with Crippen LogP contribution < -0.4 is 0 Å². The van der Waals surface area contributed by atoms with Gasteiger partial charge in [0.05, 0.1) is 6.10 Å². The summed E-state index contributed by atoms with van der Waals surface area (Å²) in [5.74, 6) is 6.41. The first-order chi connectivity index (χ1) is 19.3. The molecule has 0 radical (unpaired) electrons. The van der Waals surface area contributed by atoms with Crippen LogP contribution in [0.3, 0.4) is 0 Å². The summed E-state index contributed by atoms with van der Waals surface area (Å²) in [6.07, 6.45) is 19.2. The number of terminal acetylenes is 1. The molecule has 238 valence electrons. The fraction of sp³-hybridized carbons (Fsp3) is 0.897. The Morgan fingerprint density at radius 1 is 0.881 bits per heavy atom. The van der Waals surface area contributed by atoms with Gasteiger partial charge < -0.3 is 9.16 Å². The molecule has 3 heteroatoms. The predicted octanol–water partition coefficient (Wildman–Crippen LogP) is 10.7. The topological polar surface area (TPSA) is 18.5 Å². The van der Waals surface area contributed by atoms with Crippen LogP contribution >= 0.6 is 0 Å². The molecule has 5 rings (SSSR count). The van der Waals surface area contributed by atoms with E-state index in [1.807, 2.05) is 0 Å². The third-order valence-corrected chi connectivity index (χ3v) is 20.6. The number of allylic oxidation sites excluding steroid dienone is 1. The Hall–Kier alpha value is -0.563. The van der Waals surface area contributed by atoms with Crippen LogP contribution in [0.15, 0.2) is 12.2 Å². The van der Waals surface area contributed by atoms with Crippen molar-refractivity contribution in [2.24, 2.45) is 56.7 Å². The Morgan fingerprint density at radius 2 is 1.57 bits per heavy atom. The lowest BCUT2D eigenvalue weighted by molar-refractivity contribution is -0.251. The maximum Gasteiger partial charge on any atom is 0.192 e. The van der Waals surface area contributed by atoms with Crippen LogP contribution in [0.2, 0.25) is 18.1 Å². The molecule has 0 aromatic rings. The second kappa shape index (κ2) is 10.5. The van der Waals surface area contributed by atoms with Gasteiger partial charge in [-0.3, -0.25) is 0 Å². The van der Waals surface area contributed by atoms with Crippen LogP contribution in [0.25, 0.3) is 0 Å². The van der Waals surface area contributed by atoms with Crippen LogP contribution in [0.4, 0.5) is 0 Å². The minimum Gasteiger partial charge on any atom is -0.416 e. The van der Waals surface area contributed by atoms with Crippen LogP contribution in [0, 0.1) is 69.0 Å². The van der Waals surface area contributed by atoms with Crippen LogP contribution in [-0.2, 0) is 9.16 Å². The van der Waals surface area contributed by atoms with Gasteiger partial charge in [0.1, 0.15) is 6.61 Å². The van der Waals surface area contributed by atoms with E-state index in [9.17, 15) is 0 Å². The largest absolute Gasteiger partial charge is 0.416 e. The molecule has 0 spiro atoms. The summed E-state index contributed by atoms with van der Waals surface area (Å²) < 4.78 is 13.5. The highest BCUT2D eigenvalue weighted by atomic mass is 28.4. The van der Waals surface area contributed by atoms with Crippen molar-refractivity contribution < 1.29 is 9.16 Å². The summed E-state index contributed by atoms with van der Waals surface area (Å²) in [6.45, 7) is 33.7. The lowest BCUT2D eigenvalue weighted by Gasteiger charge is -2.73. The highest BCUT2D eigenvalue weighted by Gasteiger charge is 2.71. The molecule has 0 aromatic carbocycles. The minimum absolute atomic E-state index is 0.169. The van der Waals surface area contributed by atoms with Crippen molar-refractivity contribution in [1.82, 2.24) is 0 Å². The predicted molar refractivity (Wildman–Crippen MR) is 181 cm³/mol. The number of ether oxygens (including phenoxy) is 1. The van der Waals surface area contributed by atoms with Gasteiger partial charge in [-0.15, -0.1) is 6.42 Å². The minimum atomic E-state index is -1.81.